The van der Waals surface area contributed by atoms with E-state index in [-0.39, 0.29) is 29.8 Å². The summed E-state index contributed by atoms with van der Waals surface area (Å²) >= 11 is 1.08. The van der Waals surface area contributed by atoms with Crippen molar-refractivity contribution >= 4 is 34.4 Å². The number of rotatable bonds is 7. The van der Waals surface area contributed by atoms with Crippen LogP contribution in [-0.4, -0.2) is 40.7 Å². The van der Waals surface area contributed by atoms with Crippen molar-refractivity contribution in [2.45, 2.75) is 25.3 Å². The highest BCUT2D eigenvalue weighted by atomic mass is 32.1. The van der Waals surface area contributed by atoms with Crippen molar-refractivity contribution in [1.82, 2.24) is 10.3 Å². The molecule has 1 atom stereocenters. The molecule has 2 aromatic carbocycles. The molecule has 8 nitrogen and oxygen atoms in total. The number of nitrogens with one attached hydrogen (secondary N) is 2. The van der Waals surface area contributed by atoms with Crippen LogP contribution < -0.4 is 10.6 Å². The maximum absolute atomic E-state index is 12.3. The molecule has 1 heterocycles. The van der Waals surface area contributed by atoms with Gasteiger partial charge in [-0.15, -0.1) is 11.3 Å². The summed E-state index contributed by atoms with van der Waals surface area (Å²) in [5.74, 6) is -1.56. The lowest BCUT2D eigenvalue weighted by molar-refractivity contribution is -0.137. The Morgan fingerprint density at radius 3 is 2.34 bits per heavy atom. The molecule has 0 aliphatic heterocycles. The number of carbonyl (C=O) groups is 3. The van der Waals surface area contributed by atoms with Gasteiger partial charge in [0.2, 0.25) is 0 Å². The highest BCUT2D eigenvalue weighted by molar-refractivity contribution is 7.14. The SMILES string of the molecule is CC(CC(=O)O)NC(=O)c1csc(NC(=O)OCC2c3ccccc3-c3ccccc32)n1. The van der Waals surface area contributed by atoms with Crippen molar-refractivity contribution in [3.05, 3.63) is 70.7 Å². The third kappa shape index (κ3) is 4.62. The maximum atomic E-state index is 12.3. The van der Waals surface area contributed by atoms with Gasteiger partial charge in [0.15, 0.2) is 5.13 Å². The van der Waals surface area contributed by atoms with Crippen molar-refractivity contribution in [3.8, 4) is 11.1 Å². The molecule has 0 saturated heterocycles. The number of anilines is 1. The van der Waals surface area contributed by atoms with E-state index >= 15 is 0 Å². The summed E-state index contributed by atoms with van der Waals surface area (Å²) in [4.78, 5) is 39.3. The smallest absolute Gasteiger partial charge is 0.413 e. The highest BCUT2D eigenvalue weighted by Crippen LogP contribution is 2.44. The molecule has 2 amide bonds. The molecule has 0 bridgehead atoms. The van der Waals surface area contributed by atoms with Crippen molar-refractivity contribution in [3.63, 3.8) is 0 Å². The second-order valence-corrected chi connectivity index (χ2v) is 8.32. The number of aliphatic carboxylic acids is 1. The molecule has 1 aliphatic rings. The Balaban J connectivity index is 1.35. The molecule has 3 N–H and O–H groups in total. The van der Waals surface area contributed by atoms with Crippen molar-refractivity contribution in [2.75, 3.05) is 11.9 Å². The van der Waals surface area contributed by atoms with Crippen LogP contribution in [-0.2, 0) is 9.53 Å². The Kier molecular flexibility index (Phi) is 6.18. The zero-order valence-electron chi connectivity index (χ0n) is 17.2. The van der Waals surface area contributed by atoms with Gasteiger partial charge in [-0.2, -0.15) is 0 Å². The Morgan fingerprint density at radius 2 is 1.72 bits per heavy atom. The number of fused-ring (bicyclic) bond motifs is 3. The molecule has 0 radical (unpaired) electrons. The number of hydrogen-bond donors (Lipinski definition) is 3. The Labute approximate surface area is 188 Å². The summed E-state index contributed by atoms with van der Waals surface area (Å²) in [7, 11) is 0. The molecule has 0 fully saturated rings. The van der Waals surface area contributed by atoms with Gasteiger partial charge in [0.1, 0.15) is 12.3 Å². The number of nitrogens with zero attached hydrogens (tertiary/aromatic N) is 1. The lowest BCUT2D eigenvalue weighted by Crippen LogP contribution is -2.34. The van der Waals surface area contributed by atoms with E-state index in [1.165, 1.54) is 5.38 Å². The fourth-order valence-corrected chi connectivity index (χ4v) is 4.44. The quantitative estimate of drug-likeness (QED) is 0.498. The second kappa shape index (κ2) is 9.19. The van der Waals surface area contributed by atoms with Gasteiger partial charge in [-0.3, -0.25) is 14.9 Å². The molecule has 3 aromatic rings. The Morgan fingerprint density at radius 1 is 1.09 bits per heavy atom. The minimum atomic E-state index is -1.01. The van der Waals surface area contributed by atoms with Crippen molar-refractivity contribution < 1.29 is 24.2 Å². The third-order valence-electron chi connectivity index (χ3n) is 5.15. The van der Waals surface area contributed by atoms with Crippen molar-refractivity contribution in [1.29, 1.82) is 0 Å². The number of carboxylic acids is 1. The van der Waals surface area contributed by atoms with Gasteiger partial charge < -0.3 is 15.2 Å². The lowest BCUT2D eigenvalue weighted by atomic mass is 9.98. The first-order chi connectivity index (χ1) is 15.4. The fourth-order valence-electron chi connectivity index (χ4n) is 3.77. The summed E-state index contributed by atoms with van der Waals surface area (Å²) < 4.78 is 5.47. The van der Waals surface area contributed by atoms with Gasteiger partial charge in [0.05, 0.1) is 6.42 Å². The van der Waals surface area contributed by atoms with E-state index in [1.807, 2.05) is 36.4 Å². The topological polar surface area (TPSA) is 118 Å². The molecule has 1 unspecified atom stereocenters. The predicted octanol–water partition coefficient (Wildman–Crippen LogP) is 4.10. The summed E-state index contributed by atoms with van der Waals surface area (Å²) in [5, 5.41) is 15.6. The van der Waals surface area contributed by atoms with Crippen LogP contribution in [0.15, 0.2) is 53.9 Å². The number of ether oxygens (including phenoxy) is 1. The molecule has 164 valence electrons. The van der Waals surface area contributed by atoms with E-state index in [0.717, 1.165) is 33.6 Å². The van der Waals surface area contributed by atoms with Crippen LogP contribution in [0.5, 0.6) is 0 Å². The zero-order chi connectivity index (χ0) is 22.7. The van der Waals surface area contributed by atoms with Gasteiger partial charge >= 0.3 is 12.1 Å². The van der Waals surface area contributed by atoms with E-state index in [0.29, 0.717) is 0 Å². The van der Waals surface area contributed by atoms with E-state index in [4.69, 9.17) is 9.84 Å². The number of hydrogen-bond acceptors (Lipinski definition) is 6. The van der Waals surface area contributed by atoms with Crippen LogP contribution >= 0.6 is 11.3 Å². The van der Waals surface area contributed by atoms with Crippen LogP contribution in [0.1, 0.15) is 40.9 Å². The number of aromatic nitrogens is 1. The molecule has 1 aromatic heterocycles. The van der Waals surface area contributed by atoms with Gasteiger partial charge in [-0.05, 0) is 29.2 Å². The number of carbonyl (C=O) groups excluding carboxylic acids is 2. The van der Waals surface area contributed by atoms with Crippen LogP contribution in [0.2, 0.25) is 0 Å². The molecule has 0 spiro atoms. The lowest BCUT2D eigenvalue weighted by Gasteiger charge is -2.14. The van der Waals surface area contributed by atoms with E-state index in [1.54, 1.807) is 6.92 Å². The first-order valence-corrected chi connectivity index (χ1v) is 10.9. The minimum absolute atomic E-state index is 0.0542. The monoisotopic (exact) mass is 451 g/mol. The average Bonchev–Trinajstić information content (AvgIpc) is 3.34. The maximum Gasteiger partial charge on any atom is 0.413 e. The average molecular weight is 452 g/mol. The highest BCUT2D eigenvalue weighted by Gasteiger charge is 2.29. The number of benzene rings is 2. The third-order valence-corrected chi connectivity index (χ3v) is 5.91. The summed E-state index contributed by atoms with van der Waals surface area (Å²) in [5.41, 5.74) is 4.62. The minimum Gasteiger partial charge on any atom is -0.481 e. The van der Waals surface area contributed by atoms with Gasteiger partial charge in [-0.1, -0.05) is 48.5 Å². The zero-order valence-corrected chi connectivity index (χ0v) is 18.0. The van der Waals surface area contributed by atoms with Gasteiger partial charge in [0.25, 0.3) is 5.91 Å². The van der Waals surface area contributed by atoms with E-state index in [2.05, 4.69) is 27.8 Å². The van der Waals surface area contributed by atoms with Crippen LogP contribution in [0.3, 0.4) is 0 Å². The summed E-state index contributed by atoms with van der Waals surface area (Å²) in [6.07, 6.45) is -0.854. The summed E-state index contributed by atoms with van der Waals surface area (Å²) in [6, 6.07) is 15.6. The van der Waals surface area contributed by atoms with Gasteiger partial charge in [0, 0.05) is 17.3 Å². The molecule has 0 saturated carbocycles. The number of carboxylic acid groups (broad SMARTS) is 1. The molecular weight excluding hydrogens is 430 g/mol. The molecular formula is C23H21N3O5S. The van der Waals surface area contributed by atoms with E-state index in [9.17, 15) is 14.4 Å². The standard InChI is InChI=1S/C23H21N3O5S/c1-13(10-20(27)28)24-21(29)19-12-32-22(25-19)26-23(30)31-11-18-16-8-4-2-6-14(16)15-7-3-5-9-17(15)18/h2-9,12-13,18H,10-11H2,1H3,(H,24,29)(H,27,28)(H,25,26,30). The molecule has 32 heavy (non-hydrogen) atoms. The predicted molar refractivity (Wildman–Crippen MR) is 120 cm³/mol. The van der Waals surface area contributed by atoms with Crippen LogP contribution in [0.25, 0.3) is 11.1 Å². The van der Waals surface area contributed by atoms with E-state index < -0.39 is 24.0 Å². The Bertz CT molecular complexity index is 1130. The van der Waals surface area contributed by atoms with Gasteiger partial charge in [-0.25, -0.2) is 9.78 Å². The number of amides is 2. The van der Waals surface area contributed by atoms with Crippen LogP contribution in [0, 0.1) is 0 Å². The normalized spacial score (nSPS) is 13.0. The molecule has 1 aliphatic carbocycles. The largest absolute Gasteiger partial charge is 0.481 e. The van der Waals surface area contributed by atoms with Crippen molar-refractivity contribution in [2.24, 2.45) is 0 Å². The Hall–Kier alpha value is -3.72. The first-order valence-electron chi connectivity index (χ1n) is 10.0. The second-order valence-electron chi connectivity index (χ2n) is 7.46. The molecule has 4 rings (SSSR count). The fraction of sp³-hybridized carbons (Fsp3) is 0.217. The van der Waals surface area contributed by atoms with Crippen LogP contribution in [0.4, 0.5) is 9.93 Å². The molecule has 9 heteroatoms. The summed E-state index contributed by atoms with van der Waals surface area (Å²) in [6.45, 7) is 1.76. The number of thiazole rings is 1. The first kappa shape index (κ1) is 21.5.